The third kappa shape index (κ3) is 3.25. The fraction of sp³-hybridized carbons (Fsp3) is 0.222. The van der Waals surface area contributed by atoms with Crippen LogP contribution in [-0.4, -0.2) is 30.3 Å². The van der Waals surface area contributed by atoms with Gasteiger partial charge in [0.05, 0.1) is 17.7 Å². The van der Waals surface area contributed by atoms with Crippen LogP contribution >= 0.6 is 11.6 Å². The summed E-state index contributed by atoms with van der Waals surface area (Å²) >= 11 is 5.99. The summed E-state index contributed by atoms with van der Waals surface area (Å²) in [7, 11) is 1.30. The first-order valence-corrected chi connectivity index (χ1v) is 8.27. The maximum atomic E-state index is 13.0. The van der Waals surface area contributed by atoms with E-state index in [4.69, 9.17) is 16.3 Å². The van der Waals surface area contributed by atoms with Gasteiger partial charge in [0.2, 0.25) is 0 Å². The van der Waals surface area contributed by atoms with E-state index in [1.165, 1.54) is 30.2 Å². The molecular formula is C18H15ClN2O5. The molecule has 0 atom stereocenters. The van der Waals surface area contributed by atoms with Gasteiger partial charge in [0, 0.05) is 41.2 Å². The Morgan fingerprint density at radius 2 is 2.04 bits per heavy atom. The number of nitrogens with zero attached hydrogens (tertiary/aromatic N) is 2. The molecule has 8 heteroatoms. The van der Waals surface area contributed by atoms with E-state index in [2.05, 4.69) is 0 Å². The molecule has 3 rings (SSSR count). The van der Waals surface area contributed by atoms with Crippen LogP contribution < -0.4 is 9.64 Å². The highest BCUT2D eigenvalue weighted by molar-refractivity contribution is 6.31. The van der Waals surface area contributed by atoms with Crippen molar-refractivity contribution in [1.82, 2.24) is 0 Å². The van der Waals surface area contributed by atoms with Crippen molar-refractivity contribution in [3.05, 3.63) is 62.7 Å². The number of halogens is 1. The number of rotatable bonds is 3. The Kier molecular flexibility index (Phi) is 4.90. The number of ether oxygens (including phenoxy) is 1. The van der Waals surface area contributed by atoms with E-state index in [0.29, 0.717) is 35.7 Å². The van der Waals surface area contributed by atoms with Crippen molar-refractivity contribution < 1.29 is 19.2 Å². The predicted molar refractivity (Wildman–Crippen MR) is 96.3 cm³/mol. The van der Waals surface area contributed by atoms with Crippen LogP contribution in [0.15, 0.2) is 36.4 Å². The molecule has 0 saturated heterocycles. The molecule has 1 aliphatic rings. The minimum absolute atomic E-state index is 0.00285. The normalized spacial score (nSPS) is 13.8. The molecule has 2 aromatic carbocycles. The van der Waals surface area contributed by atoms with E-state index in [1.54, 1.807) is 18.2 Å². The highest BCUT2D eigenvalue weighted by atomic mass is 35.5. The number of nitro benzene ring substituents is 1. The number of carbonyl (C=O) groups excluding carboxylic acids is 2. The second-order valence-electron chi connectivity index (χ2n) is 5.79. The minimum atomic E-state index is -0.574. The standard InChI is InChI=1S/C18H15ClN2O5/c1-26-17-9-11(4-6-15(17)21(24)25)18(23)20-8-2-3-16(22)13-10-12(19)5-7-14(13)20/h4-7,9-10H,2-3,8H2,1H3. The number of fused-ring (bicyclic) bond motifs is 1. The van der Waals surface area contributed by atoms with E-state index in [1.807, 2.05) is 0 Å². The summed E-state index contributed by atoms with van der Waals surface area (Å²) in [6, 6.07) is 8.77. The van der Waals surface area contributed by atoms with Gasteiger partial charge in [0.25, 0.3) is 5.91 Å². The zero-order valence-electron chi connectivity index (χ0n) is 13.9. The number of amides is 1. The van der Waals surface area contributed by atoms with Crippen LogP contribution in [0.3, 0.4) is 0 Å². The largest absolute Gasteiger partial charge is 0.490 e. The minimum Gasteiger partial charge on any atom is -0.490 e. The molecular weight excluding hydrogens is 360 g/mol. The highest BCUT2D eigenvalue weighted by Gasteiger charge is 2.27. The fourth-order valence-electron chi connectivity index (χ4n) is 2.95. The van der Waals surface area contributed by atoms with Crippen molar-refractivity contribution in [2.75, 3.05) is 18.6 Å². The molecule has 1 aliphatic heterocycles. The number of nitro groups is 1. The quantitative estimate of drug-likeness (QED) is 0.600. The van der Waals surface area contributed by atoms with E-state index in [9.17, 15) is 19.7 Å². The molecule has 134 valence electrons. The second kappa shape index (κ2) is 7.13. The van der Waals surface area contributed by atoms with Gasteiger partial charge in [0.15, 0.2) is 11.5 Å². The van der Waals surface area contributed by atoms with Gasteiger partial charge >= 0.3 is 5.69 Å². The number of carbonyl (C=O) groups is 2. The van der Waals surface area contributed by atoms with Gasteiger partial charge in [-0.15, -0.1) is 0 Å². The van der Waals surface area contributed by atoms with Gasteiger partial charge in [0.1, 0.15) is 0 Å². The lowest BCUT2D eigenvalue weighted by Crippen LogP contribution is -2.31. The van der Waals surface area contributed by atoms with Crippen molar-refractivity contribution in [1.29, 1.82) is 0 Å². The smallest absolute Gasteiger partial charge is 0.310 e. The second-order valence-corrected chi connectivity index (χ2v) is 6.23. The summed E-state index contributed by atoms with van der Waals surface area (Å²) in [5.74, 6) is -0.432. The molecule has 0 fully saturated rings. The lowest BCUT2D eigenvalue weighted by atomic mass is 10.1. The highest BCUT2D eigenvalue weighted by Crippen LogP contribution is 2.32. The molecule has 0 radical (unpaired) electrons. The Bertz CT molecular complexity index is 912. The molecule has 1 heterocycles. The third-order valence-corrected chi connectivity index (χ3v) is 4.44. The van der Waals surface area contributed by atoms with Gasteiger partial charge < -0.3 is 9.64 Å². The molecule has 0 unspecified atom stereocenters. The van der Waals surface area contributed by atoms with E-state index in [0.717, 1.165) is 0 Å². The summed E-state index contributed by atoms with van der Waals surface area (Å²) < 4.78 is 5.03. The molecule has 0 aromatic heterocycles. The molecule has 2 aromatic rings. The van der Waals surface area contributed by atoms with Crippen LogP contribution in [0.25, 0.3) is 0 Å². The zero-order valence-corrected chi connectivity index (χ0v) is 14.7. The number of ketones is 1. The van der Waals surface area contributed by atoms with Gasteiger partial charge in [-0.2, -0.15) is 0 Å². The Balaban J connectivity index is 2.04. The average molecular weight is 375 g/mol. The lowest BCUT2D eigenvalue weighted by molar-refractivity contribution is -0.385. The maximum absolute atomic E-state index is 13.0. The van der Waals surface area contributed by atoms with E-state index < -0.39 is 4.92 Å². The van der Waals surface area contributed by atoms with E-state index in [-0.39, 0.29) is 28.7 Å². The Morgan fingerprint density at radius 1 is 1.27 bits per heavy atom. The monoisotopic (exact) mass is 374 g/mol. The van der Waals surface area contributed by atoms with Crippen molar-refractivity contribution in [3.63, 3.8) is 0 Å². The number of anilines is 1. The summed E-state index contributed by atoms with van der Waals surface area (Å²) in [6.45, 7) is 0.360. The molecule has 1 amide bonds. The van der Waals surface area contributed by atoms with Gasteiger partial charge in [-0.05, 0) is 30.7 Å². The molecule has 0 N–H and O–H groups in total. The van der Waals surface area contributed by atoms with Gasteiger partial charge in [-0.25, -0.2) is 0 Å². The summed E-state index contributed by atoms with van der Waals surface area (Å²) in [5, 5.41) is 11.4. The van der Waals surface area contributed by atoms with Gasteiger partial charge in [-0.3, -0.25) is 19.7 Å². The van der Waals surface area contributed by atoms with Gasteiger partial charge in [-0.1, -0.05) is 11.6 Å². The summed E-state index contributed by atoms with van der Waals surface area (Å²) in [4.78, 5) is 37.2. The summed E-state index contributed by atoms with van der Waals surface area (Å²) in [6.07, 6.45) is 0.835. The van der Waals surface area contributed by atoms with Crippen LogP contribution in [0, 0.1) is 10.1 Å². The van der Waals surface area contributed by atoms with Crippen molar-refractivity contribution in [2.45, 2.75) is 12.8 Å². The predicted octanol–water partition coefficient (Wildman–Crippen LogP) is 3.88. The number of benzene rings is 2. The van der Waals surface area contributed by atoms with Crippen LogP contribution in [0.4, 0.5) is 11.4 Å². The first-order valence-electron chi connectivity index (χ1n) is 7.89. The van der Waals surface area contributed by atoms with Crippen LogP contribution in [0.1, 0.15) is 33.6 Å². The summed E-state index contributed by atoms with van der Waals surface area (Å²) in [5.41, 5.74) is 0.904. The number of hydrogen-bond donors (Lipinski definition) is 0. The average Bonchev–Trinajstić information content (AvgIpc) is 2.79. The van der Waals surface area contributed by atoms with Crippen LogP contribution in [0.5, 0.6) is 5.75 Å². The zero-order chi connectivity index (χ0) is 18.8. The topological polar surface area (TPSA) is 89.8 Å². The Hall–Kier alpha value is -2.93. The molecule has 0 bridgehead atoms. The number of hydrogen-bond acceptors (Lipinski definition) is 5. The van der Waals surface area contributed by atoms with Crippen LogP contribution in [0.2, 0.25) is 5.02 Å². The Labute approximate surface area is 154 Å². The third-order valence-electron chi connectivity index (χ3n) is 4.20. The lowest BCUT2D eigenvalue weighted by Gasteiger charge is -2.23. The number of Topliss-reactive ketones (excluding diaryl/α,β-unsaturated/α-hetero) is 1. The first kappa shape index (κ1) is 17.9. The van der Waals surface area contributed by atoms with E-state index >= 15 is 0 Å². The molecule has 0 saturated carbocycles. The molecule has 0 aliphatic carbocycles. The SMILES string of the molecule is COc1cc(C(=O)N2CCCC(=O)c3cc(Cl)ccc32)ccc1[N+](=O)[O-]. The number of methoxy groups -OCH3 is 1. The first-order chi connectivity index (χ1) is 12.4. The van der Waals surface area contributed by atoms with Crippen LogP contribution in [-0.2, 0) is 0 Å². The Morgan fingerprint density at radius 3 is 2.73 bits per heavy atom. The molecule has 0 spiro atoms. The maximum Gasteiger partial charge on any atom is 0.310 e. The van der Waals surface area contributed by atoms with Crippen molar-refractivity contribution >= 4 is 34.7 Å². The van der Waals surface area contributed by atoms with Crippen molar-refractivity contribution in [2.24, 2.45) is 0 Å². The molecule has 26 heavy (non-hydrogen) atoms. The molecule has 7 nitrogen and oxygen atoms in total. The fourth-order valence-corrected chi connectivity index (χ4v) is 3.12. The van der Waals surface area contributed by atoms with Crippen molar-refractivity contribution in [3.8, 4) is 5.75 Å².